The van der Waals surface area contributed by atoms with Gasteiger partial charge in [-0.15, -0.1) is 0 Å². The predicted octanol–water partition coefficient (Wildman–Crippen LogP) is 4.37. The van der Waals surface area contributed by atoms with Crippen LogP contribution in [0.2, 0.25) is 0 Å². The molecule has 0 saturated carbocycles. The molecule has 4 aromatic rings. The minimum atomic E-state index is -0.575. The van der Waals surface area contributed by atoms with Gasteiger partial charge in [-0.2, -0.15) is 0 Å². The number of fused-ring (bicyclic) bond motifs is 2. The van der Waals surface area contributed by atoms with Crippen molar-refractivity contribution in [3.05, 3.63) is 58.8 Å². The largest absolute Gasteiger partial charge is 0.479 e. The summed E-state index contributed by atoms with van der Waals surface area (Å²) in [5, 5.41) is 7.70. The Labute approximate surface area is 228 Å². The lowest BCUT2D eigenvalue weighted by Gasteiger charge is -2.32. The lowest BCUT2D eigenvalue weighted by atomic mass is 9.81. The highest BCUT2D eigenvalue weighted by Crippen LogP contribution is 2.49. The molecule has 0 radical (unpaired) electrons. The Morgan fingerprint density at radius 1 is 1.21 bits per heavy atom. The van der Waals surface area contributed by atoms with Crippen molar-refractivity contribution in [2.45, 2.75) is 42.9 Å². The highest BCUT2D eigenvalue weighted by Gasteiger charge is 2.42. The average molecular weight is 549 g/mol. The standard InChI is InChI=1S/C27H28N6O5S/c1-3-5-11-37-25-21-20(17-8-9-18(38-17)39-27-31-14-7-6-10-29-24(14)33-27)19-15(12-28-13-16(19)34)30-22(21)23(32-25)26(35)36-4-2/h6-10,20,28,30,32H,3-5,11-13H2,1-2H3,(H,29,31,33). The molecule has 0 amide bonds. The van der Waals surface area contributed by atoms with Crippen LogP contribution in [0.4, 0.5) is 5.69 Å². The number of esters is 1. The van der Waals surface area contributed by atoms with Gasteiger partial charge in [0.1, 0.15) is 11.3 Å². The number of nitrogens with zero attached hydrogens (tertiary/aromatic N) is 2. The van der Waals surface area contributed by atoms with Crippen molar-refractivity contribution in [3.63, 3.8) is 0 Å². The quantitative estimate of drug-likeness (QED) is 0.176. The van der Waals surface area contributed by atoms with E-state index in [4.69, 9.17) is 13.9 Å². The van der Waals surface area contributed by atoms with Crippen molar-refractivity contribution in [1.29, 1.82) is 0 Å². The first-order valence-electron chi connectivity index (χ1n) is 12.9. The number of carbonyl (C=O) groups is 2. The number of rotatable bonds is 9. The summed E-state index contributed by atoms with van der Waals surface area (Å²) in [6.07, 6.45) is 3.49. The highest BCUT2D eigenvalue weighted by molar-refractivity contribution is 7.99. The smallest absolute Gasteiger partial charge is 0.357 e. The maximum Gasteiger partial charge on any atom is 0.357 e. The molecule has 0 bridgehead atoms. The number of pyridine rings is 1. The van der Waals surface area contributed by atoms with Crippen molar-refractivity contribution in [3.8, 4) is 5.88 Å². The van der Waals surface area contributed by atoms with Crippen molar-refractivity contribution >= 4 is 40.4 Å². The maximum atomic E-state index is 13.3. The van der Waals surface area contributed by atoms with Crippen molar-refractivity contribution in [1.82, 2.24) is 25.3 Å². The predicted molar refractivity (Wildman–Crippen MR) is 144 cm³/mol. The number of ether oxygens (including phenoxy) is 2. The zero-order valence-corrected chi connectivity index (χ0v) is 22.4. The molecule has 0 aromatic carbocycles. The zero-order chi connectivity index (χ0) is 26.9. The van der Waals surface area contributed by atoms with E-state index in [9.17, 15) is 9.59 Å². The van der Waals surface area contributed by atoms with Gasteiger partial charge in [-0.25, -0.2) is 14.8 Å². The average Bonchev–Trinajstić information content (AvgIpc) is 3.65. The molecular formula is C27H28N6O5S. The number of H-pyrrole nitrogens is 2. The van der Waals surface area contributed by atoms with Crippen LogP contribution in [0.15, 0.2) is 56.4 Å². The molecule has 6 rings (SSSR count). The fourth-order valence-electron chi connectivity index (χ4n) is 4.88. The highest BCUT2D eigenvalue weighted by atomic mass is 32.2. The number of unbranched alkanes of at least 4 members (excludes halogenated alkanes) is 1. The number of hydrogen-bond acceptors (Lipinski definition) is 10. The molecular weight excluding hydrogens is 520 g/mol. The van der Waals surface area contributed by atoms with E-state index in [0.29, 0.717) is 63.2 Å². The molecule has 2 aliphatic rings. The van der Waals surface area contributed by atoms with Gasteiger partial charge in [0.05, 0.1) is 36.9 Å². The van der Waals surface area contributed by atoms with Crippen LogP contribution in [0.25, 0.3) is 11.2 Å². The Morgan fingerprint density at radius 3 is 2.92 bits per heavy atom. The second kappa shape index (κ2) is 10.6. The molecule has 4 aromatic heterocycles. The van der Waals surface area contributed by atoms with E-state index in [1.54, 1.807) is 13.1 Å². The molecule has 1 atom stereocenters. The zero-order valence-electron chi connectivity index (χ0n) is 21.6. The topological polar surface area (TPSA) is 147 Å². The molecule has 202 valence electrons. The number of ketones is 1. The Bertz CT molecular complexity index is 1550. The van der Waals surface area contributed by atoms with Gasteiger partial charge < -0.3 is 34.5 Å². The summed E-state index contributed by atoms with van der Waals surface area (Å²) in [5.41, 5.74) is 4.19. The molecule has 12 heteroatoms. The van der Waals surface area contributed by atoms with Crippen LogP contribution in [0, 0.1) is 0 Å². The summed E-state index contributed by atoms with van der Waals surface area (Å²) < 4.78 is 17.8. The Hall–Kier alpha value is -4.03. The van der Waals surface area contributed by atoms with Crippen LogP contribution < -0.4 is 15.4 Å². The Morgan fingerprint density at radius 2 is 2.10 bits per heavy atom. The number of aromatic amines is 2. The van der Waals surface area contributed by atoms with Gasteiger partial charge in [0.2, 0.25) is 0 Å². The van der Waals surface area contributed by atoms with Crippen LogP contribution in [-0.4, -0.2) is 58.0 Å². The Kier molecular flexibility index (Phi) is 6.88. The summed E-state index contributed by atoms with van der Waals surface area (Å²) in [7, 11) is 0. The second-order valence-electron chi connectivity index (χ2n) is 9.19. The van der Waals surface area contributed by atoms with E-state index in [1.807, 2.05) is 24.3 Å². The molecule has 0 aliphatic carbocycles. The van der Waals surface area contributed by atoms with Gasteiger partial charge in [-0.05, 0) is 49.4 Å². The lowest BCUT2D eigenvalue weighted by molar-refractivity contribution is -0.115. The molecule has 1 unspecified atom stereocenters. The number of Topliss-reactive ketones (excluding diaryl/α,β-unsaturated/α-hetero) is 1. The molecule has 6 heterocycles. The second-order valence-corrected chi connectivity index (χ2v) is 10.2. The number of furan rings is 1. The van der Waals surface area contributed by atoms with E-state index in [0.717, 1.165) is 18.4 Å². The fraction of sp³-hybridized carbons (Fsp3) is 0.333. The van der Waals surface area contributed by atoms with Crippen LogP contribution in [-0.2, 0) is 9.53 Å². The van der Waals surface area contributed by atoms with E-state index >= 15 is 0 Å². The minimum absolute atomic E-state index is 0.0493. The molecule has 39 heavy (non-hydrogen) atoms. The van der Waals surface area contributed by atoms with Crippen molar-refractivity contribution < 1.29 is 23.5 Å². The van der Waals surface area contributed by atoms with Crippen molar-refractivity contribution in [2.24, 2.45) is 0 Å². The van der Waals surface area contributed by atoms with Gasteiger partial charge in [0.15, 0.2) is 33.3 Å². The van der Waals surface area contributed by atoms with Gasteiger partial charge in [0.25, 0.3) is 0 Å². The molecule has 0 saturated heterocycles. The minimum Gasteiger partial charge on any atom is -0.479 e. The summed E-state index contributed by atoms with van der Waals surface area (Å²) >= 11 is 1.33. The number of carbonyl (C=O) groups excluding carboxylic acids is 2. The number of aromatic nitrogens is 4. The third kappa shape index (κ3) is 4.70. The third-order valence-electron chi connectivity index (χ3n) is 6.61. The summed E-state index contributed by atoms with van der Waals surface area (Å²) in [4.78, 5) is 41.4. The molecule has 0 fully saturated rings. The number of anilines is 1. The summed E-state index contributed by atoms with van der Waals surface area (Å²) in [6, 6.07) is 7.43. The number of nitrogens with one attached hydrogen (secondary N) is 4. The number of imidazole rings is 1. The van der Waals surface area contributed by atoms with Gasteiger partial charge in [0, 0.05) is 24.0 Å². The van der Waals surface area contributed by atoms with E-state index in [-0.39, 0.29) is 24.6 Å². The van der Waals surface area contributed by atoms with Crippen molar-refractivity contribution in [2.75, 3.05) is 31.6 Å². The summed E-state index contributed by atoms with van der Waals surface area (Å²) in [5.74, 6) is -0.142. The first-order chi connectivity index (χ1) is 19.1. The van der Waals surface area contributed by atoms with Gasteiger partial charge in [-0.1, -0.05) is 13.3 Å². The molecule has 11 nitrogen and oxygen atoms in total. The maximum absolute atomic E-state index is 13.3. The van der Waals surface area contributed by atoms with Gasteiger partial charge >= 0.3 is 5.97 Å². The summed E-state index contributed by atoms with van der Waals surface area (Å²) in [6.45, 7) is 5.18. The van der Waals surface area contributed by atoms with E-state index in [2.05, 4.69) is 37.5 Å². The van der Waals surface area contributed by atoms with Crippen LogP contribution in [0.3, 0.4) is 0 Å². The first-order valence-corrected chi connectivity index (χ1v) is 13.8. The lowest BCUT2D eigenvalue weighted by Crippen LogP contribution is -2.39. The van der Waals surface area contributed by atoms with Gasteiger partial charge in [-0.3, -0.25) is 4.79 Å². The monoisotopic (exact) mass is 548 g/mol. The van der Waals surface area contributed by atoms with Crippen LogP contribution >= 0.6 is 11.8 Å². The molecule has 0 spiro atoms. The number of hydrogen-bond donors (Lipinski definition) is 4. The fourth-order valence-corrected chi connectivity index (χ4v) is 5.64. The third-order valence-corrected chi connectivity index (χ3v) is 7.42. The normalized spacial score (nSPS) is 16.7. The van der Waals surface area contributed by atoms with E-state index < -0.39 is 11.9 Å². The Balaban J connectivity index is 1.43. The first kappa shape index (κ1) is 25.3. The van der Waals surface area contributed by atoms with E-state index in [1.165, 1.54) is 11.8 Å². The molecule has 2 aliphatic heterocycles. The van der Waals surface area contributed by atoms with Crippen LogP contribution in [0.1, 0.15) is 54.4 Å². The SMILES string of the molecule is CCCCOc1[nH]c(C(=O)OCC)c2c1C(c1ccc(Sc3nc4cccnc4[nH]3)o1)C1=C(CNCC1=O)N2. The van der Waals surface area contributed by atoms with Crippen LogP contribution in [0.5, 0.6) is 5.88 Å². The molecule has 4 N–H and O–H groups in total.